The third-order valence-corrected chi connectivity index (χ3v) is 4.51. The van der Waals surface area contributed by atoms with Gasteiger partial charge in [0.15, 0.2) is 11.5 Å². The van der Waals surface area contributed by atoms with Gasteiger partial charge in [-0.3, -0.25) is 4.98 Å². The fraction of sp³-hybridized carbons (Fsp3) is 0.526. The first-order valence-electron chi connectivity index (χ1n) is 8.54. The van der Waals surface area contributed by atoms with Crippen LogP contribution in [0, 0.1) is 5.92 Å². The minimum Gasteiger partial charge on any atom is -0.493 e. The Labute approximate surface area is 138 Å². The first-order chi connectivity index (χ1) is 11.3. The van der Waals surface area contributed by atoms with Crippen molar-refractivity contribution in [1.82, 2.24) is 9.88 Å². The second kappa shape index (κ2) is 7.64. The van der Waals surface area contributed by atoms with Gasteiger partial charge in [-0.15, -0.1) is 0 Å². The lowest BCUT2D eigenvalue weighted by molar-refractivity contribution is 0.169. The summed E-state index contributed by atoms with van der Waals surface area (Å²) in [4.78, 5) is 6.94. The van der Waals surface area contributed by atoms with E-state index in [-0.39, 0.29) is 0 Å². The van der Waals surface area contributed by atoms with Crippen molar-refractivity contribution in [1.29, 1.82) is 0 Å². The minimum absolute atomic E-state index is 0.708. The molecule has 0 aliphatic carbocycles. The quantitative estimate of drug-likeness (QED) is 0.761. The molecule has 0 radical (unpaired) electrons. The van der Waals surface area contributed by atoms with Crippen molar-refractivity contribution in [3.05, 3.63) is 30.5 Å². The Morgan fingerprint density at radius 2 is 2.22 bits per heavy atom. The molecule has 1 aromatic heterocycles. The summed E-state index contributed by atoms with van der Waals surface area (Å²) < 4.78 is 11.4. The minimum atomic E-state index is 0.708. The third kappa shape index (κ3) is 4.14. The number of ether oxygens (including phenoxy) is 2. The highest BCUT2D eigenvalue weighted by molar-refractivity contribution is 5.82. The number of hydrogen-bond donors (Lipinski definition) is 0. The molecule has 0 bridgehead atoms. The van der Waals surface area contributed by atoms with Crippen LogP contribution in [-0.2, 0) is 0 Å². The Balaban J connectivity index is 1.56. The van der Waals surface area contributed by atoms with Crippen molar-refractivity contribution in [2.45, 2.75) is 26.2 Å². The molecule has 124 valence electrons. The lowest BCUT2D eigenvalue weighted by atomic mass is 10.0. The van der Waals surface area contributed by atoms with Crippen LogP contribution in [0.4, 0.5) is 0 Å². The van der Waals surface area contributed by atoms with E-state index in [0.717, 1.165) is 41.3 Å². The van der Waals surface area contributed by atoms with Gasteiger partial charge in [0.05, 0.1) is 19.2 Å². The van der Waals surface area contributed by atoms with Crippen LogP contribution in [-0.4, -0.2) is 43.2 Å². The van der Waals surface area contributed by atoms with Gasteiger partial charge in [0.1, 0.15) is 0 Å². The molecule has 3 rings (SSSR count). The van der Waals surface area contributed by atoms with E-state index in [4.69, 9.17) is 9.47 Å². The number of methoxy groups -OCH3 is 1. The molecule has 4 nitrogen and oxygen atoms in total. The number of pyridine rings is 1. The molecule has 1 aliphatic rings. The molecule has 1 aromatic carbocycles. The SMILES string of the molecule is COc1cc2cccnc2cc1OCCCN1CCCC(C)C1. The number of piperidine rings is 1. The van der Waals surface area contributed by atoms with Crippen LogP contribution in [0.3, 0.4) is 0 Å². The Morgan fingerprint density at radius 1 is 1.30 bits per heavy atom. The van der Waals surface area contributed by atoms with Crippen molar-refractivity contribution in [2.75, 3.05) is 33.4 Å². The van der Waals surface area contributed by atoms with Crippen molar-refractivity contribution >= 4 is 10.9 Å². The van der Waals surface area contributed by atoms with Gasteiger partial charge in [-0.2, -0.15) is 0 Å². The van der Waals surface area contributed by atoms with Gasteiger partial charge < -0.3 is 14.4 Å². The summed E-state index contributed by atoms with van der Waals surface area (Å²) >= 11 is 0. The predicted octanol–water partition coefficient (Wildman–Crippen LogP) is 3.74. The van der Waals surface area contributed by atoms with Gasteiger partial charge in [-0.25, -0.2) is 0 Å². The highest BCUT2D eigenvalue weighted by atomic mass is 16.5. The van der Waals surface area contributed by atoms with Gasteiger partial charge >= 0.3 is 0 Å². The molecule has 0 spiro atoms. The van der Waals surface area contributed by atoms with Gasteiger partial charge in [-0.1, -0.05) is 13.0 Å². The maximum absolute atomic E-state index is 5.96. The van der Waals surface area contributed by atoms with E-state index < -0.39 is 0 Å². The average molecular weight is 314 g/mol. The number of rotatable bonds is 6. The number of likely N-dealkylation sites (tertiary alicyclic amines) is 1. The normalized spacial score (nSPS) is 19.0. The molecule has 1 aliphatic heterocycles. The monoisotopic (exact) mass is 314 g/mol. The maximum Gasteiger partial charge on any atom is 0.163 e. The predicted molar refractivity (Wildman–Crippen MR) is 93.2 cm³/mol. The van der Waals surface area contributed by atoms with Gasteiger partial charge in [0.25, 0.3) is 0 Å². The van der Waals surface area contributed by atoms with Gasteiger partial charge in [0, 0.05) is 30.7 Å². The first-order valence-corrected chi connectivity index (χ1v) is 8.54. The molecule has 1 fully saturated rings. The summed E-state index contributed by atoms with van der Waals surface area (Å²) in [5.74, 6) is 2.39. The Morgan fingerprint density at radius 3 is 3.04 bits per heavy atom. The molecule has 1 atom stereocenters. The molecule has 1 saturated heterocycles. The molecular formula is C19H26N2O2. The van der Waals surface area contributed by atoms with Crippen LogP contribution in [0.1, 0.15) is 26.2 Å². The second-order valence-corrected chi connectivity index (χ2v) is 6.45. The zero-order valence-corrected chi connectivity index (χ0v) is 14.1. The van der Waals surface area contributed by atoms with E-state index in [2.05, 4.69) is 16.8 Å². The maximum atomic E-state index is 5.96. The van der Waals surface area contributed by atoms with Crippen LogP contribution >= 0.6 is 0 Å². The second-order valence-electron chi connectivity index (χ2n) is 6.45. The lowest BCUT2D eigenvalue weighted by Gasteiger charge is -2.30. The summed E-state index contributed by atoms with van der Waals surface area (Å²) in [6.45, 7) is 6.62. The van der Waals surface area contributed by atoms with Gasteiger partial charge in [0.2, 0.25) is 0 Å². The van der Waals surface area contributed by atoms with E-state index in [1.54, 1.807) is 13.3 Å². The van der Waals surface area contributed by atoms with E-state index in [9.17, 15) is 0 Å². The van der Waals surface area contributed by atoms with E-state index >= 15 is 0 Å². The molecule has 0 amide bonds. The smallest absolute Gasteiger partial charge is 0.163 e. The fourth-order valence-corrected chi connectivity index (χ4v) is 3.31. The number of benzene rings is 1. The van der Waals surface area contributed by atoms with E-state index in [1.807, 2.05) is 24.3 Å². The Hall–Kier alpha value is -1.81. The molecule has 0 saturated carbocycles. The summed E-state index contributed by atoms with van der Waals surface area (Å²) in [7, 11) is 1.68. The Bertz CT molecular complexity index is 644. The summed E-state index contributed by atoms with van der Waals surface area (Å²) in [6.07, 6.45) is 5.53. The van der Waals surface area contributed by atoms with Crippen molar-refractivity contribution < 1.29 is 9.47 Å². The largest absolute Gasteiger partial charge is 0.493 e. The molecule has 2 heterocycles. The summed E-state index contributed by atoms with van der Waals surface area (Å²) in [5.41, 5.74) is 0.938. The zero-order chi connectivity index (χ0) is 16.1. The molecule has 2 aromatic rings. The van der Waals surface area contributed by atoms with Crippen molar-refractivity contribution in [2.24, 2.45) is 5.92 Å². The average Bonchev–Trinajstić information content (AvgIpc) is 2.58. The Kier molecular flexibility index (Phi) is 5.34. The molecule has 0 N–H and O–H groups in total. The van der Waals surface area contributed by atoms with E-state index in [0.29, 0.717) is 6.61 Å². The topological polar surface area (TPSA) is 34.6 Å². The number of nitrogens with zero attached hydrogens (tertiary/aromatic N) is 2. The summed E-state index contributed by atoms with van der Waals surface area (Å²) in [5, 5.41) is 1.07. The highest BCUT2D eigenvalue weighted by Crippen LogP contribution is 2.31. The molecule has 1 unspecified atom stereocenters. The molecule has 4 heteroatoms. The third-order valence-electron chi connectivity index (χ3n) is 4.51. The number of fused-ring (bicyclic) bond motifs is 1. The van der Waals surface area contributed by atoms with E-state index in [1.165, 1.54) is 25.9 Å². The van der Waals surface area contributed by atoms with Crippen molar-refractivity contribution in [3.63, 3.8) is 0 Å². The van der Waals surface area contributed by atoms with Gasteiger partial charge in [-0.05, 0) is 43.9 Å². The van der Waals surface area contributed by atoms with Crippen LogP contribution in [0.15, 0.2) is 30.5 Å². The fourth-order valence-electron chi connectivity index (χ4n) is 3.31. The van der Waals surface area contributed by atoms with Crippen LogP contribution in [0.2, 0.25) is 0 Å². The first kappa shape index (κ1) is 16.1. The lowest BCUT2D eigenvalue weighted by Crippen LogP contribution is -2.35. The standard InChI is InChI=1S/C19H26N2O2/c1-15-6-4-9-21(14-15)10-5-11-23-19-13-17-16(7-3-8-20-17)12-18(19)22-2/h3,7-8,12-13,15H,4-6,9-11,14H2,1-2H3. The number of aromatic nitrogens is 1. The van der Waals surface area contributed by atoms with Crippen LogP contribution < -0.4 is 9.47 Å². The zero-order valence-electron chi connectivity index (χ0n) is 14.1. The number of hydrogen-bond acceptors (Lipinski definition) is 4. The van der Waals surface area contributed by atoms with Crippen molar-refractivity contribution in [3.8, 4) is 11.5 Å². The summed E-state index contributed by atoms with van der Waals surface area (Å²) in [6, 6.07) is 7.93. The van der Waals surface area contributed by atoms with Crippen LogP contribution in [0.5, 0.6) is 11.5 Å². The highest BCUT2D eigenvalue weighted by Gasteiger charge is 2.15. The molecular weight excluding hydrogens is 288 g/mol. The van der Waals surface area contributed by atoms with Crippen LogP contribution in [0.25, 0.3) is 10.9 Å². The molecule has 23 heavy (non-hydrogen) atoms.